The maximum absolute atomic E-state index is 10.1. The van der Waals surface area contributed by atoms with Gasteiger partial charge in [-0.05, 0) is 17.2 Å². The molecule has 3 aromatic rings. The van der Waals surface area contributed by atoms with Crippen molar-refractivity contribution in [2.45, 2.75) is 19.3 Å². The molecule has 0 aliphatic carbocycles. The van der Waals surface area contributed by atoms with E-state index >= 15 is 0 Å². The summed E-state index contributed by atoms with van der Waals surface area (Å²) in [4.78, 5) is 0. The van der Waals surface area contributed by atoms with E-state index < -0.39 is 6.10 Å². The minimum atomic E-state index is -0.861. The van der Waals surface area contributed by atoms with Crippen LogP contribution in [-0.4, -0.2) is 11.7 Å². The van der Waals surface area contributed by atoms with Crippen LogP contribution >= 0.6 is 11.6 Å². The van der Waals surface area contributed by atoms with Gasteiger partial charge in [0, 0.05) is 18.2 Å². The molecular weight excluding hydrogens is 362 g/mol. The van der Waals surface area contributed by atoms with E-state index in [4.69, 9.17) is 26.8 Å². The van der Waals surface area contributed by atoms with Crippen LogP contribution in [0.25, 0.3) is 0 Å². The predicted octanol–water partition coefficient (Wildman–Crippen LogP) is 4.49. The van der Waals surface area contributed by atoms with Crippen molar-refractivity contribution in [2.24, 2.45) is 5.73 Å². The normalized spacial score (nSPS) is 11.8. The molecule has 0 aromatic heterocycles. The number of benzene rings is 3. The highest BCUT2D eigenvalue weighted by atomic mass is 35.5. The Labute approximate surface area is 164 Å². The molecule has 5 heteroatoms. The minimum absolute atomic E-state index is 0.0715. The van der Waals surface area contributed by atoms with Gasteiger partial charge >= 0.3 is 0 Å². The van der Waals surface area contributed by atoms with Crippen molar-refractivity contribution >= 4 is 11.6 Å². The Kier molecular flexibility index (Phi) is 6.71. The first-order valence-electron chi connectivity index (χ1n) is 8.72. The first-order chi connectivity index (χ1) is 13.2. The summed E-state index contributed by atoms with van der Waals surface area (Å²) in [5.41, 5.74) is 8.17. The lowest BCUT2D eigenvalue weighted by Gasteiger charge is -2.17. The molecule has 3 aromatic carbocycles. The third-order valence-corrected chi connectivity index (χ3v) is 4.45. The van der Waals surface area contributed by atoms with Gasteiger partial charge in [0.25, 0.3) is 0 Å². The highest BCUT2D eigenvalue weighted by Gasteiger charge is 2.16. The zero-order chi connectivity index (χ0) is 19.1. The highest BCUT2D eigenvalue weighted by molar-refractivity contribution is 6.31. The molecule has 4 nitrogen and oxygen atoms in total. The predicted molar refractivity (Wildman–Crippen MR) is 107 cm³/mol. The van der Waals surface area contributed by atoms with E-state index in [2.05, 4.69) is 0 Å². The minimum Gasteiger partial charge on any atom is -0.485 e. The molecule has 0 amide bonds. The van der Waals surface area contributed by atoms with Crippen molar-refractivity contribution < 1.29 is 14.6 Å². The van der Waals surface area contributed by atoms with Crippen LogP contribution in [0.15, 0.2) is 72.8 Å². The fourth-order valence-electron chi connectivity index (χ4n) is 2.63. The van der Waals surface area contributed by atoms with E-state index in [0.717, 1.165) is 11.1 Å². The molecule has 1 unspecified atom stereocenters. The van der Waals surface area contributed by atoms with E-state index in [9.17, 15) is 5.11 Å². The van der Waals surface area contributed by atoms with Crippen LogP contribution in [0.5, 0.6) is 11.5 Å². The number of ether oxygens (including phenoxy) is 2. The summed E-state index contributed by atoms with van der Waals surface area (Å²) < 4.78 is 11.9. The van der Waals surface area contributed by atoms with Gasteiger partial charge < -0.3 is 20.3 Å². The third-order valence-electron chi connectivity index (χ3n) is 4.12. The van der Waals surface area contributed by atoms with E-state index in [1.165, 1.54) is 0 Å². The number of rotatable bonds is 8. The second-order valence-electron chi connectivity index (χ2n) is 6.12. The number of nitrogens with two attached hydrogens (primary N) is 1. The smallest absolute Gasteiger partial charge is 0.163 e. The average molecular weight is 384 g/mol. The first kappa shape index (κ1) is 19.2. The summed E-state index contributed by atoms with van der Waals surface area (Å²) in [6, 6.07) is 23.0. The van der Waals surface area contributed by atoms with Gasteiger partial charge in [-0.1, -0.05) is 72.3 Å². The van der Waals surface area contributed by atoms with Crippen LogP contribution in [0.1, 0.15) is 22.8 Å². The summed E-state index contributed by atoms with van der Waals surface area (Å²) >= 11 is 6.32. The van der Waals surface area contributed by atoms with Crippen LogP contribution in [0.2, 0.25) is 5.02 Å². The highest BCUT2D eigenvalue weighted by Crippen LogP contribution is 2.37. The summed E-state index contributed by atoms with van der Waals surface area (Å²) in [6.45, 7) is 0.835. The molecule has 3 N–H and O–H groups in total. The van der Waals surface area contributed by atoms with Crippen molar-refractivity contribution in [3.05, 3.63) is 94.5 Å². The van der Waals surface area contributed by atoms with Crippen LogP contribution in [0, 0.1) is 0 Å². The Hall–Kier alpha value is -2.53. The standard InChI is InChI=1S/C22H22ClNO3/c23-19-12-22(27-15-17-9-5-2-6-10-17)21(11-18(19)20(25)13-24)26-14-16-7-3-1-4-8-16/h1-12,20,25H,13-15,24H2. The molecule has 0 fully saturated rings. The molecule has 0 aliphatic heterocycles. The molecule has 0 spiro atoms. The lowest BCUT2D eigenvalue weighted by Crippen LogP contribution is -2.12. The van der Waals surface area contributed by atoms with Gasteiger partial charge in [0.2, 0.25) is 0 Å². The Bertz CT molecular complexity index is 856. The molecule has 3 rings (SSSR count). The number of halogens is 1. The molecule has 0 saturated heterocycles. The topological polar surface area (TPSA) is 64.7 Å². The molecular formula is C22H22ClNO3. The zero-order valence-corrected chi connectivity index (χ0v) is 15.6. The monoisotopic (exact) mass is 383 g/mol. The van der Waals surface area contributed by atoms with Crippen molar-refractivity contribution in [1.82, 2.24) is 0 Å². The number of aliphatic hydroxyl groups is 1. The summed E-state index contributed by atoms with van der Waals surface area (Å²) in [6.07, 6.45) is -0.861. The Morgan fingerprint density at radius 1 is 0.815 bits per heavy atom. The maximum atomic E-state index is 10.1. The number of aliphatic hydroxyl groups excluding tert-OH is 1. The molecule has 0 radical (unpaired) electrons. The van der Waals surface area contributed by atoms with Crippen molar-refractivity contribution in [3.63, 3.8) is 0 Å². The molecule has 0 heterocycles. The summed E-state index contributed by atoms with van der Waals surface area (Å²) in [7, 11) is 0. The fourth-order valence-corrected chi connectivity index (χ4v) is 2.91. The van der Waals surface area contributed by atoms with Gasteiger partial charge in [-0.15, -0.1) is 0 Å². The largest absolute Gasteiger partial charge is 0.485 e. The second kappa shape index (κ2) is 9.42. The zero-order valence-electron chi connectivity index (χ0n) is 14.8. The van der Waals surface area contributed by atoms with Crippen molar-refractivity contribution in [3.8, 4) is 11.5 Å². The van der Waals surface area contributed by atoms with E-state index in [0.29, 0.717) is 35.3 Å². The molecule has 0 saturated carbocycles. The van der Waals surface area contributed by atoms with Crippen molar-refractivity contribution in [2.75, 3.05) is 6.54 Å². The molecule has 140 valence electrons. The maximum Gasteiger partial charge on any atom is 0.163 e. The van der Waals surface area contributed by atoms with Crippen LogP contribution in [-0.2, 0) is 13.2 Å². The van der Waals surface area contributed by atoms with Gasteiger partial charge in [0.1, 0.15) is 13.2 Å². The molecule has 1 atom stereocenters. The van der Waals surface area contributed by atoms with Crippen molar-refractivity contribution in [1.29, 1.82) is 0 Å². The molecule has 0 aliphatic rings. The van der Waals surface area contributed by atoms with E-state index in [1.807, 2.05) is 60.7 Å². The lowest BCUT2D eigenvalue weighted by atomic mass is 10.1. The molecule has 27 heavy (non-hydrogen) atoms. The lowest BCUT2D eigenvalue weighted by molar-refractivity contribution is 0.185. The fraction of sp³-hybridized carbons (Fsp3) is 0.182. The van der Waals surface area contributed by atoms with Gasteiger partial charge in [-0.3, -0.25) is 0 Å². The van der Waals surface area contributed by atoms with Gasteiger partial charge in [0.05, 0.1) is 11.1 Å². The van der Waals surface area contributed by atoms with Gasteiger partial charge in [-0.25, -0.2) is 0 Å². The second-order valence-corrected chi connectivity index (χ2v) is 6.53. The summed E-state index contributed by atoms with van der Waals surface area (Å²) in [5.74, 6) is 1.04. The SMILES string of the molecule is NCC(O)c1cc(OCc2ccccc2)c(OCc2ccccc2)cc1Cl. The number of hydrogen-bond donors (Lipinski definition) is 2. The van der Waals surface area contributed by atoms with Crippen LogP contribution in [0.4, 0.5) is 0 Å². The molecule has 0 bridgehead atoms. The quantitative estimate of drug-likeness (QED) is 0.601. The van der Waals surface area contributed by atoms with E-state index in [1.54, 1.807) is 12.1 Å². The third kappa shape index (κ3) is 5.23. The van der Waals surface area contributed by atoms with Gasteiger partial charge in [-0.2, -0.15) is 0 Å². The Morgan fingerprint density at radius 3 is 1.78 bits per heavy atom. The Morgan fingerprint density at radius 2 is 1.30 bits per heavy atom. The Balaban J connectivity index is 1.83. The van der Waals surface area contributed by atoms with Gasteiger partial charge in [0.15, 0.2) is 11.5 Å². The average Bonchev–Trinajstić information content (AvgIpc) is 2.72. The summed E-state index contributed by atoms with van der Waals surface area (Å²) in [5, 5.41) is 10.5. The number of hydrogen-bond acceptors (Lipinski definition) is 4. The van der Waals surface area contributed by atoms with E-state index in [-0.39, 0.29) is 6.54 Å². The van der Waals surface area contributed by atoms with Crippen LogP contribution < -0.4 is 15.2 Å². The first-order valence-corrected chi connectivity index (χ1v) is 9.10. The van der Waals surface area contributed by atoms with Crippen LogP contribution in [0.3, 0.4) is 0 Å².